The molecule has 0 radical (unpaired) electrons. The van der Waals surface area contributed by atoms with Gasteiger partial charge < -0.3 is 19.7 Å². The maximum Gasteiger partial charge on any atom is 0.335 e. The van der Waals surface area contributed by atoms with Crippen LogP contribution < -0.4 is 0 Å². The van der Waals surface area contributed by atoms with Gasteiger partial charge in [-0.3, -0.25) is 9.59 Å². The molecule has 0 aromatic carbocycles. The van der Waals surface area contributed by atoms with Crippen molar-refractivity contribution in [1.29, 1.82) is 0 Å². The van der Waals surface area contributed by atoms with Gasteiger partial charge in [-0.1, -0.05) is 20.8 Å². The van der Waals surface area contributed by atoms with Crippen molar-refractivity contribution < 1.29 is 34.1 Å². The molecule has 0 aromatic rings. The van der Waals surface area contributed by atoms with E-state index in [2.05, 4.69) is 0 Å². The van der Waals surface area contributed by atoms with Crippen LogP contribution in [0.15, 0.2) is 23.2 Å². The van der Waals surface area contributed by atoms with Crippen molar-refractivity contribution in [2.75, 3.05) is 7.11 Å². The van der Waals surface area contributed by atoms with Crippen molar-refractivity contribution in [1.82, 2.24) is 0 Å². The lowest BCUT2D eigenvalue weighted by Gasteiger charge is -2.64. The normalized spacial score (nSPS) is 47.8. The minimum Gasteiger partial charge on any atom is -0.505 e. The Balaban J connectivity index is 2.02. The summed E-state index contributed by atoms with van der Waals surface area (Å²) in [5, 5.41) is 21.0. The number of hydrogen-bond acceptors (Lipinski definition) is 7. The van der Waals surface area contributed by atoms with E-state index in [0.29, 0.717) is 12.0 Å². The lowest BCUT2D eigenvalue weighted by atomic mass is 9.40. The van der Waals surface area contributed by atoms with Gasteiger partial charge in [0.05, 0.1) is 7.11 Å². The van der Waals surface area contributed by atoms with Crippen LogP contribution in [-0.2, 0) is 23.9 Å². The number of esters is 1. The summed E-state index contributed by atoms with van der Waals surface area (Å²) in [6.07, 6.45) is -0.155. The average molecular weight is 390 g/mol. The number of aliphatic hydroxyl groups excluding tert-OH is 2. The second-order valence-electron chi connectivity index (χ2n) is 9.09. The van der Waals surface area contributed by atoms with E-state index in [4.69, 9.17) is 9.47 Å². The molecule has 4 aliphatic rings. The van der Waals surface area contributed by atoms with Gasteiger partial charge in [0, 0.05) is 22.7 Å². The first-order chi connectivity index (χ1) is 13.0. The van der Waals surface area contributed by atoms with Gasteiger partial charge in [-0.05, 0) is 36.8 Å². The third kappa shape index (κ3) is 1.95. The molecule has 1 aliphatic heterocycles. The van der Waals surface area contributed by atoms with Crippen LogP contribution >= 0.6 is 0 Å². The molecule has 1 saturated carbocycles. The molecular weight excluding hydrogens is 364 g/mol. The zero-order valence-corrected chi connectivity index (χ0v) is 16.7. The summed E-state index contributed by atoms with van der Waals surface area (Å²) >= 11 is 0. The average Bonchev–Trinajstić information content (AvgIpc) is 2.60. The largest absolute Gasteiger partial charge is 0.505 e. The van der Waals surface area contributed by atoms with Crippen LogP contribution in [0.3, 0.4) is 0 Å². The van der Waals surface area contributed by atoms with Gasteiger partial charge in [0.15, 0.2) is 17.6 Å². The number of rotatable bonds is 1. The zero-order chi connectivity index (χ0) is 20.8. The van der Waals surface area contributed by atoms with Crippen molar-refractivity contribution in [3.63, 3.8) is 0 Å². The Morgan fingerprint density at radius 2 is 1.89 bits per heavy atom. The maximum atomic E-state index is 13.6. The van der Waals surface area contributed by atoms with Crippen LogP contribution in [0.5, 0.6) is 0 Å². The molecule has 0 aromatic heterocycles. The Labute approximate surface area is 163 Å². The van der Waals surface area contributed by atoms with Gasteiger partial charge in [-0.2, -0.15) is 0 Å². The van der Waals surface area contributed by atoms with Crippen molar-refractivity contribution in [2.45, 2.75) is 46.3 Å². The summed E-state index contributed by atoms with van der Waals surface area (Å²) in [7, 11) is 1.37. The second-order valence-corrected chi connectivity index (χ2v) is 9.09. The predicted octanol–water partition coefficient (Wildman–Crippen LogP) is 1.70. The summed E-state index contributed by atoms with van der Waals surface area (Å²) in [5.74, 6) is -3.85. The van der Waals surface area contributed by atoms with Gasteiger partial charge in [-0.25, -0.2) is 4.79 Å². The van der Waals surface area contributed by atoms with Crippen molar-refractivity contribution in [2.24, 2.45) is 34.5 Å². The molecule has 152 valence electrons. The number of fused-ring (bicyclic) bond motifs is 2. The first-order valence-corrected chi connectivity index (χ1v) is 9.64. The molecule has 0 unspecified atom stereocenters. The van der Waals surface area contributed by atoms with Gasteiger partial charge in [-0.15, -0.1) is 0 Å². The van der Waals surface area contributed by atoms with E-state index in [1.54, 1.807) is 13.8 Å². The van der Waals surface area contributed by atoms with Gasteiger partial charge in [0.25, 0.3) is 0 Å². The Bertz CT molecular complexity index is 855. The van der Waals surface area contributed by atoms with Gasteiger partial charge in [0.2, 0.25) is 11.6 Å². The molecule has 8 atom stereocenters. The fourth-order valence-corrected chi connectivity index (χ4v) is 6.78. The number of ketones is 2. The predicted molar refractivity (Wildman–Crippen MR) is 96.8 cm³/mol. The Morgan fingerprint density at radius 3 is 2.50 bits per heavy atom. The zero-order valence-electron chi connectivity index (χ0n) is 16.7. The van der Waals surface area contributed by atoms with Crippen LogP contribution in [0.2, 0.25) is 0 Å². The molecule has 3 aliphatic carbocycles. The summed E-state index contributed by atoms with van der Waals surface area (Å²) < 4.78 is 11.0. The monoisotopic (exact) mass is 390 g/mol. The lowest BCUT2D eigenvalue weighted by Crippen LogP contribution is -2.71. The SMILES string of the molecule is COC1=C(C)[C@@H]2[C@@H](O)C(=O)O[C@@H]3C[C@H]4[C@H](C)C=C(O)C(=O)[C@]4(C)[C@@H](C1=O)[C@]23C. The Hall–Kier alpha value is -2.15. The quantitative estimate of drug-likeness (QED) is 0.656. The van der Waals surface area contributed by atoms with E-state index in [0.717, 1.165) is 0 Å². The number of hydrogen-bond donors (Lipinski definition) is 2. The molecule has 7 heteroatoms. The standard InChI is InChI=1S/C21H26O7/c1-8-6-11(22)18(25)20(3)10(8)7-12-21(4)13(14(23)19(26)28-12)9(2)16(27-5)15(24)17(20)21/h6,8,10,12-14,17,22-23H,7H2,1-5H3/t8-,10+,12-,13-,14-,17-,20+,21+/m1/s1. The van der Waals surface area contributed by atoms with E-state index >= 15 is 0 Å². The molecule has 1 heterocycles. The summed E-state index contributed by atoms with van der Waals surface area (Å²) in [5.41, 5.74) is -1.67. The highest BCUT2D eigenvalue weighted by molar-refractivity contribution is 6.07. The smallest absolute Gasteiger partial charge is 0.335 e. The number of ether oxygens (including phenoxy) is 2. The minimum atomic E-state index is -1.44. The Morgan fingerprint density at radius 1 is 1.25 bits per heavy atom. The third-order valence-electron chi connectivity index (χ3n) is 7.93. The lowest BCUT2D eigenvalue weighted by molar-refractivity contribution is -0.234. The first-order valence-electron chi connectivity index (χ1n) is 9.64. The molecule has 2 fully saturated rings. The highest BCUT2D eigenvalue weighted by Crippen LogP contribution is 2.66. The van der Waals surface area contributed by atoms with E-state index in [9.17, 15) is 24.6 Å². The van der Waals surface area contributed by atoms with Gasteiger partial charge >= 0.3 is 5.97 Å². The number of carbonyl (C=O) groups excluding carboxylic acids is 3. The van der Waals surface area contributed by atoms with Crippen LogP contribution in [-0.4, -0.2) is 47.1 Å². The highest BCUT2D eigenvalue weighted by Gasteiger charge is 2.73. The molecule has 0 spiro atoms. The number of methoxy groups -OCH3 is 1. The maximum absolute atomic E-state index is 13.6. The molecule has 4 rings (SSSR count). The number of Topliss-reactive ketones (excluding diaryl/α,β-unsaturated/α-hetero) is 2. The summed E-state index contributed by atoms with van der Waals surface area (Å²) in [4.78, 5) is 39.2. The molecule has 0 amide bonds. The molecule has 1 saturated heterocycles. The highest BCUT2D eigenvalue weighted by atomic mass is 16.6. The van der Waals surface area contributed by atoms with Crippen molar-refractivity contribution in [3.05, 3.63) is 23.2 Å². The molecule has 7 nitrogen and oxygen atoms in total. The van der Waals surface area contributed by atoms with Gasteiger partial charge in [0.1, 0.15) is 6.10 Å². The van der Waals surface area contributed by atoms with Crippen LogP contribution in [0.25, 0.3) is 0 Å². The molecule has 28 heavy (non-hydrogen) atoms. The number of allylic oxidation sites excluding steroid dienone is 3. The summed E-state index contributed by atoms with van der Waals surface area (Å²) in [6, 6.07) is 0. The molecule has 0 bridgehead atoms. The first kappa shape index (κ1) is 19.2. The fourth-order valence-electron chi connectivity index (χ4n) is 6.78. The van der Waals surface area contributed by atoms with E-state index in [-0.39, 0.29) is 29.1 Å². The van der Waals surface area contributed by atoms with Crippen LogP contribution in [0.4, 0.5) is 0 Å². The third-order valence-corrected chi connectivity index (χ3v) is 7.93. The van der Waals surface area contributed by atoms with E-state index in [1.165, 1.54) is 13.2 Å². The number of carbonyl (C=O) groups is 3. The van der Waals surface area contributed by atoms with Crippen molar-refractivity contribution in [3.8, 4) is 0 Å². The minimum absolute atomic E-state index is 0.0799. The van der Waals surface area contributed by atoms with E-state index < -0.39 is 46.6 Å². The molecule has 2 N–H and O–H groups in total. The summed E-state index contributed by atoms with van der Waals surface area (Å²) in [6.45, 7) is 7.10. The van der Waals surface area contributed by atoms with E-state index in [1.807, 2.05) is 13.8 Å². The van der Waals surface area contributed by atoms with Crippen molar-refractivity contribution >= 4 is 17.5 Å². The number of aliphatic hydroxyl groups is 2. The second kappa shape index (κ2) is 5.69. The molecular formula is C21H26O7. The fraction of sp³-hybridized carbons (Fsp3) is 0.667. The van der Waals surface area contributed by atoms with Crippen LogP contribution in [0, 0.1) is 34.5 Å². The topological polar surface area (TPSA) is 110 Å². The van der Waals surface area contributed by atoms with Crippen LogP contribution in [0.1, 0.15) is 34.1 Å². The Kier molecular flexibility index (Phi) is 3.90.